The van der Waals surface area contributed by atoms with Gasteiger partial charge < -0.3 is 14.4 Å². The Morgan fingerprint density at radius 1 is 1.48 bits per heavy atom. The lowest BCUT2D eigenvalue weighted by molar-refractivity contribution is 0.0524. The van der Waals surface area contributed by atoms with E-state index in [0.29, 0.717) is 31.1 Å². The minimum atomic E-state index is -0.316. The number of esters is 1. The summed E-state index contributed by atoms with van der Waals surface area (Å²) in [5, 5.41) is 0. The number of pyridine rings is 1. The maximum absolute atomic E-state index is 12.1. The van der Waals surface area contributed by atoms with Crippen LogP contribution >= 0.6 is 0 Å². The standard InChI is InChI=1S/C16H22N2O3/c1-4-6-13-11-14(18-7-9-20-10-8-18)17-12(3)15(13)16(19)21-5-2/h4,6,11H,5,7-10H2,1-3H3. The third-order valence-electron chi connectivity index (χ3n) is 3.38. The molecule has 0 N–H and O–H groups in total. The highest BCUT2D eigenvalue weighted by atomic mass is 16.5. The molecule has 0 saturated carbocycles. The molecule has 0 amide bonds. The van der Waals surface area contributed by atoms with Crippen molar-refractivity contribution in [1.29, 1.82) is 0 Å². The van der Waals surface area contributed by atoms with Gasteiger partial charge in [0, 0.05) is 13.1 Å². The molecule has 21 heavy (non-hydrogen) atoms. The molecule has 1 aliphatic heterocycles. The highest BCUT2D eigenvalue weighted by molar-refractivity contribution is 5.95. The van der Waals surface area contributed by atoms with Crippen LogP contribution in [0, 0.1) is 6.92 Å². The lowest BCUT2D eigenvalue weighted by Gasteiger charge is -2.28. The molecule has 1 aromatic heterocycles. The molecule has 1 saturated heterocycles. The van der Waals surface area contributed by atoms with Gasteiger partial charge in [-0.1, -0.05) is 12.2 Å². The summed E-state index contributed by atoms with van der Waals surface area (Å²) in [4.78, 5) is 18.9. The van der Waals surface area contributed by atoms with Crippen LogP contribution in [0.3, 0.4) is 0 Å². The van der Waals surface area contributed by atoms with Crippen molar-refractivity contribution in [3.8, 4) is 0 Å². The number of ether oxygens (including phenoxy) is 2. The molecular formula is C16H22N2O3. The fraction of sp³-hybridized carbons (Fsp3) is 0.500. The second-order valence-electron chi connectivity index (χ2n) is 4.85. The molecule has 0 atom stereocenters. The summed E-state index contributed by atoms with van der Waals surface area (Å²) in [6.45, 7) is 9.00. The molecule has 1 aromatic rings. The zero-order chi connectivity index (χ0) is 15.2. The molecule has 0 unspecified atom stereocenters. The number of aryl methyl sites for hydroxylation is 1. The number of hydrogen-bond acceptors (Lipinski definition) is 5. The second kappa shape index (κ2) is 7.22. The zero-order valence-electron chi connectivity index (χ0n) is 12.9. The van der Waals surface area contributed by atoms with Crippen LogP contribution in [0.25, 0.3) is 6.08 Å². The molecule has 0 aliphatic carbocycles. The summed E-state index contributed by atoms with van der Waals surface area (Å²) in [7, 11) is 0. The Hall–Kier alpha value is -1.88. The van der Waals surface area contributed by atoms with Crippen molar-refractivity contribution in [3.05, 3.63) is 29.0 Å². The quantitative estimate of drug-likeness (QED) is 0.797. The van der Waals surface area contributed by atoms with Crippen molar-refractivity contribution in [3.63, 3.8) is 0 Å². The largest absolute Gasteiger partial charge is 0.462 e. The van der Waals surface area contributed by atoms with E-state index < -0.39 is 0 Å². The van der Waals surface area contributed by atoms with Gasteiger partial charge in [0.05, 0.1) is 31.1 Å². The van der Waals surface area contributed by atoms with E-state index in [0.717, 1.165) is 24.5 Å². The van der Waals surface area contributed by atoms with E-state index in [2.05, 4.69) is 9.88 Å². The van der Waals surface area contributed by atoms with Gasteiger partial charge in [0.25, 0.3) is 0 Å². The van der Waals surface area contributed by atoms with E-state index >= 15 is 0 Å². The van der Waals surface area contributed by atoms with Crippen molar-refractivity contribution in [2.45, 2.75) is 20.8 Å². The highest BCUT2D eigenvalue weighted by Gasteiger charge is 2.20. The summed E-state index contributed by atoms with van der Waals surface area (Å²) < 4.78 is 10.5. The van der Waals surface area contributed by atoms with Crippen molar-refractivity contribution < 1.29 is 14.3 Å². The molecule has 2 heterocycles. The fourth-order valence-corrected chi connectivity index (χ4v) is 2.41. The number of allylic oxidation sites excluding steroid dienone is 1. The minimum absolute atomic E-state index is 0.316. The molecule has 1 fully saturated rings. The first kappa shape index (κ1) is 15.5. The van der Waals surface area contributed by atoms with Gasteiger partial charge in [0.1, 0.15) is 5.82 Å². The summed E-state index contributed by atoms with van der Waals surface area (Å²) in [5.41, 5.74) is 2.10. The SMILES string of the molecule is CC=Cc1cc(N2CCOCC2)nc(C)c1C(=O)OCC. The van der Waals surface area contributed by atoms with Crippen LogP contribution in [0.15, 0.2) is 12.1 Å². The first-order valence-corrected chi connectivity index (χ1v) is 7.31. The van der Waals surface area contributed by atoms with E-state index in [9.17, 15) is 4.79 Å². The first-order valence-electron chi connectivity index (χ1n) is 7.31. The zero-order valence-corrected chi connectivity index (χ0v) is 12.9. The third-order valence-corrected chi connectivity index (χ3v) is 3.38. The predicted molar refractivity (Wildman–Crippen MR) is 82.7 cm³/mol. The average molecular weight is 290 g/mol. The Balaban J connectivity index is 2.40. The minimum Gasteiger partial charge on any atom is -0.462 e. The maximum Gasteiger partial charge on any atom is 0.340 e. The number of carbonyl (C=O) groups is 1. The molecule has 0 aromatic carbocycles. The first-order chi connectivity index (χ1) is 10.2. The Kier molecular flexibility index (Phi) is 5.33. The topological polar surface area (TPSA) is 51.7 Å². The van der Waals surface area contributed by atoms with Crippen molar-refractivity contribution >= 4 is 17.9 Å². The van der Waals surface area contributed by atoms with Crippen LogP contribution in [0.5, 0.6) is 0 Å². The molecule has 0 spiro atoms. The number of rotatable bonds is 4. The molecule has 5 nitrogen and oxygen atoms in total. The summed E-state index contributed by atoms with van der Waals surface area (Å²) >= 11 is 0. The van der Waals surface area contributed by atoms with Gasteiger partial charge in [0.15, 0.2) is 0 Å². The molecule has 114 valence electrons. The molecular weight excluding hydrogens is 268 g/mol. The number of anilines is 1. The normalized spacial score (nSPS) is 15.5. The Morgan fingerprint density at radius 3 is 2.81 bits per heavy atom. The van der Waals surface area contributed by atoms with E-state index in [1.165, 1.54) is 0 Å². The van der Waals surface area contributed by atoms with Gasteiger partial charge in [-0.05, 0) is 32.4 Å². The van der Waals surface area contributed by atoms with E-state index in [1.807, 2.05) is 32.1 Å². The number of hydrogen-bond donors (Lipinski definition) is 0. The number of morpholine rings is 1. The van der Waals surface area contributed by atoms with Crippen LogP contribution in [-0.4, -0.2) is 43.9 Å². The van der Waals surface area contributed by atoms with Crippen LogP contribution in [-0.2, 0) is 9.47 Å². The van der Waals surface area contributed by atoms with Gasteiger partial charge in [-0.15, -0.1) is 0 Å². The van der Waals surface area contributed by atoms with Crippen LogP contribution in [0.1, 0.15) is 35.5 Å². The van der Waals surface area contributed by atoms with Crippen LogP contribution in [0.4, 0.5) is 5.82 Å². The van der Waals surface area contributed by atoms with Gasteiger partial charge >= 0.3 is 5.97 Å². The molecule has 0 radical (unpaired) electrons. The van der Waals surface area contributed by atoms with E-state index in [-0.39, 0.29) is 5.97 Å². The van der Waals surface area contributed by atoms with E-state index in [4.69, 9.17) is 9.47 Å². The van der Waals surface area contributed by atoms with Crippen molar-refractivity contribution in [1.82, 2.24) is 4.98 Å². The smallest absolute Gasteiger partial charge is 0.340 e. The van der Waals surface area contributed by atoms with Crippen molar-refractivity contribution in [2.75, 3.05) is 37.8 Å². The van der Waals surface area contributed by atoms with Gasteiger partial charge in [-0.3, -0.25) is 0 Å². The Bertz CT molecular complexity index is 535. The Labute approximate surface area is 125 Å². The van der Waals surface area contributed by atoms with Gasteiger partial charge in [0.2, 0.25) is 0 Å². The lowest BCUT2D eigenvalue weighted by Crippen LogP contribution is -2.37. The molecule has 5 heteroatoms. The summed E-state index contributed by atoms with van der Waals surface area (Å²) in [6.07, 6.45) is 3.84. The average Bonchev–Trinajstić information content (AvgIpc) is 2.48. The molecule has 1 aliphatic rings. The van der Waals surface area contributed by atoms with Crippen molar-refractivity contribution in [2.24, 2.45) is 0 Å². The fourth-order valence-electron chi connectivity index (χ4n) is 2.41. The van der Waals surface area contributed by atoms with Crippen LogP contribution < -0.4 is 4.90 Å². The summed E-state index contributed by atoms with van der Waals surface area (Å²) in [5.74, 6) is 0.570. The van der Waals surface area contributed by atoms with Crippen LogP contribution in [0.2, 0.25) is 0 Å². The third kappa shape index (κ3) is 3.61. The van der Waals surface area contributed by atoms with Gasteiger partial charge in [-0.2, -0.15) is 0 Å². The highest BCUT2D eigenvalue weighted by Crippen LogP contribution is 2.23. The molecule has 0 bridgehead atoms. The number of aromatic nitrogens is 1. The Morgan fingerprint density at radius 2 is 2.19 bits per heavy atom. The number of carbonyl (C=O) groups excluding carboxylic acids is 1. The second-order valence-corrected chi connectivity index (χ2v) is 4.85. The predicted octanol–water partition coefficient (Wildman–Crippen LogP) is 2.44. The van der Waals surface area contributed by atoms with E-state index in [1.54, 1.807) is 6.92 Å². The summed E-state index contributed by atoms with van der Waals surface area (Å²) in [6, 6.07) is 1.95. The molecule has 2 rings (SSSR count). The lowest BCUT2D eigenvalue weighted by atomic mass is 10.1. The maximum atomic E-state index is 12.1. The monoisotopic (exact) mass is 290 g/mol. The number of nitrogens with zero attached hydrogens (tertiary/aromatic N) is 2. The van der Waals surface area contributed by atoms with Gasteiger partial charge in [-0.25, -0.2) is 9.78 Å².